The van der Waals surface area contributed by atoms with E-state index in [4.69, 9.17) is 21.4 Å². The van der Waals surface area contributed by atoms with Crippen molar-refractivity contribution in [1.29, 1.82) is 0 Å². The lowest BCUT2D eigenvalue weighted by Crippen LogP contribution is -2.01. The van der Waals surface area contributed by atoms with Gasteiger partial charge in [0, 0.05) is 5.88 Å². The van der Waals surface area contributed by atoms with Crippen molar-refractivity contribution in [1.82, 2.24) is 0 Å². The maximum absolute atomic E-state index is 10.5. The Morgan fingerprint density at radius 1 is 1.47 bits per heavy atom. The number of carbonyl (C=O) groups is 1. The van der Waals surface area contributed by atoms with Gasteiger partial charge in [0.2, 0.25) is 0 Å². The Morgan fingerprint density at radius 3 is 2.93 bits per heavy atom. The average molecular weight is 229 g/mol. The van der Waals surface area contributed by atoms with Gasteiger partial charge in [0.25, 0.3) is 0 Å². The minimum absolute atomic E-state index is 0.0205. The van der Waals surface area contributed by atoms with Gasteiger partial charge in [-0.15, -0.1) is 11.6 Å². The first-order valence-corrected chi connectivity index (χ1v) is 5.25. The number of carboxylic acid groups (broad SMARTS) is 1. The second-order valence-electron chi connectivity index (χ2n) is 3.11. The van der Waals surface area contributed by atoms with Crippen molar-refractivity contribution in [2.45, 2.75) is 12.8 Å². The number of halogens is 1. The Kier molecular flexibility index (Phi) is 4.98. The molecule has 0 bridgehead atoms. The first-order chi connectivity index (χ1) is 7.22. The molecule has 0 aromatic heterocycles. The van der Waals surface area contributed by atoms with E-state index in [1.807, 2.05) is 0 Å². The van der Waals surface area contributed by atoms with Gasteiger partial charge >= 0.3 is 5.97 Å². The van der Waals surface area contributed by atoms with Crippen LogP contribution in [0.5, 0.6) is 5.75 Å². The Labute approximate surface area is 93.6 Å². The van der Waals surface area contributed by atoms with Gasteiger partial charge < -0.3 is 9.84 Å². The van der Waals surface area contributed by atoms with Crippen LogP contribution in [0.1, 0.15) is 12.0 Å². The van der Waals surface area contributed by atoms with Crippen LogP contribution >= 0.6 is 11.6 Å². The highest BCUT2D eigenvalue weighted by molar-refractivity contribution is 6.17. The van der Waals surface area contributed by atoms with E-state index in [0.717, 1.165) is 12.0 Å². The predicted molar refractivity (Wildman–Crippen MR) is 58.6 cm³/mol. The van der Waals surface area contributed by atoms with E-state index in [0.29, 0.717) is 18.2 Å². The molecule has 0 aliphatic carbocycles. The van der Waals surface area contributed by atoms with Crippen LogP contribution < -0.4 is 4.74 Å². The molecule has 0 aliphatic heterocycles. The monoisotopic (exact) mass is 228 g/mol. The number of ether oxygens (including phenoxy) is 1. The Bertz CT molecular complexity index is 325. The minimum Gasteiger partial charge on any atom is -0.494 e. The Hall–Kier alpha value is -1.22. The van der Waals surface area contributed by atoms with E-state index in [2.05, 4.69) is 0 Å². The lowest BCUT2D eigenvalue weighted by Gasteiger charge is -2.05. The zero-order valence-corrected chi connectivity index (χ0v) is 9.04. The van der Waals surface area contributed by atoms with Crippen molar-refractivity contribution >= 4 is 17.6 Å². The van der Waals surface area contributed by atoms with E-state index < -0.39 is 5.97 Å². The van der Waals surface area contributed by atoms with Crippen LogP contribution in [0.15, 0.2) is 24.3 Å². The molecule has 1 aromatic rings. The third kappa shape index (κ3) is 4.70. The van der Waals surface area contributed by atoms with Gasteiger partial charge in [0.15, 0.2) is 0 Å². The van der Waals surface area contributed by atoms with Gasteiger partial charge in [-0.05, 0) is 24.1 Å². The number of alkyl halides is 1. The number of hydrogen-bond donors (Lipinski definition) is 1. The summed E-state index contributed by atoms with van der Waals surface area (Å²) >= 11 is 5.51. The number of rotatable bonds is 6. The second-order valence-corrected chi connectivity index (χ2v) is 3.49. The highest BCUT2D eigenvalue weighted by Crippen LogP contribution is 2.14. The third-order valence-electron chi connectivity index (χ3n) is 1.80. The summed E-state index contributed by atoms with van der Waals surface area (Å²) in [6.07, 6.45) is 0.803. The van der Waals surface area contributed by atoms with Gasteiger partial charge in [0.05, 0.1) is 13.0 Å². The van der Waals surface area contributed by atoms with E-state index in [1.54, 1.807) is 24.3 Å². The summed E-state index contributed by atoms with van der Waals surface area (Å²) in [7, 11) is 0. The molecular formula is C11H13ClO3. The second kappa shape index (κ2) is 6.30. The third-order valence-corrected chi connectivity index (χ3v) is 2.07. The van der Waals surface area contributed by atoms with Crippen molar-refractivity contribution in [3.63, 3.8) is 0 Å². The summed E-state index contributed by atoms with van der Waals surface area (Å²) in [5, 5.41) is 8.61. The van der Waals surface area contributed by atoms with Gasteiger partial charge in [-0.2, -0.15) is 0 Å². The summed E-state index contributed by atoms with van der Waals surface area (Å²) in [5.74, 6) is 0.418. The Morgan fingerprint density at radius 2 is 2.27 bits per heavy atom. The smallest absolute Gasteiger partial charge is 0.307 e. The molecule has 0 fully saturated rings. The molecule has 1 N–H and O–H groups in total. The number of benzene rings is 1. The van der Waals surface area contributed by atoms with Crippen LogP contribution in [0.2, 0.25) is 0 Å². The predicted octanol–water partition coefficient (Wildman–Crippen LogP) is 2.32. The lowest BCUT2D eigenvalue weighted by atomic mass is 10.1. The molecule has 4 heteroatoms. The molecule has 0 atom stereocenters. The topological polar surface area (TPSA) is 46.5 Å². The highest BCUT2D eigenvalue weighted by Gasteiger charge is 2.01. The molecule has 3 nitrogen and oxygen atoms in total. The molecule has 0 amide bonds. The van der Waals surface area contributed by atoms with Gasteiger partial charge in [-0.25, -0.2) is 0 Å². The van der Waals surface area contributed by atoms with Crippen molar-refractivity contribution < 1.29 is 14.6 Å². The van der Waals surface area contributed by atoms with Crippen LogP contribution in [-0.4, -0.2) is 23.6 Å². The standard InChI is InChI=1S/C11H13ClO3/c12-5-2-6-15-10-4-1-3-9(7-10)8-11(13)14/h1,3-4,7H,2,5-6,8H2,(H,13,14). The molecule has 0 radical (unpaired) electrons. The van der Waals surface area contributed by atoms with E-state index in [1.165, 1.54) is 0 Å². The maximum Gasteiger partial charge on any atom is 0.307 e. The number of hydrogen-bond acceptors (Lipinski definition) is 2. The molecule has 1 aromatic carbocycles. The largest absolute Gasteiger partial charge is 0.494 e. The lowest BCUT2D eigenvalue weighted by molar-refractivity contribution is -0.136. The fraction of sp³-hybridized carbons (Fsp3) is 0.364. The van der Waals surface area contributed by atoms with Crippen LogP contribution in [0.25, 0.3) is 0 Å². The van der Waals surface area contributed by atoms with Crippen molar-refractivity contribution in [3.05, 3.63) is 29.8 Å². The molecule has 0 saturated carbocycles. The van der Waals surface area contributed by atoms with Gasteiger partial charge in [0.1, 0.15) is 5.75 Å². The molecule has 15 heavy (non-hydrogen) atoms. The number of carboxylic acids is 1. The summed E-state index contributed by atoms with van der Waals surface area (Å²) < 4.78 is 5.39. The fourth-order valence-electron chi connectivity index (χ4n) is 1.16. The van der Waals surface area contributed by atoms with Crippen LogP contribution in [-0.2, 0) is 11.2 Å². The van der Waals surface area contributed by atoms with E-state index in [-0.39, 0.29) is 6.42 Å². The molecule has 0 heterocycles. The SMILES string of the molecule is O=C(O)Cc1cccc(OCCCCl)c1. The van der Waals surface area contributed by atoms with E-state index >= 15 is 0 Å². The van der Waals surface area contributed by atoms with E-state index in [9.17, 15) is 4.79 Å². The molecule has 82 valence electrons. The molecule has 0 unspecified atom stereocenters. The Balaban J connectivity index is 2.53. The van der Waals surface area contributed by atoms with Crippen LogP contribution in [0.3, 0.4) is 0 Å². The van der Waals surface area contributed by atoms with Crippen LogP contribution in [0.4, 0.5) is 0 Å². The summed E-state index contributed by atoms with van der Waals surface area (Å²) in [5.41, 5.74) is 0.742. The maximum atomic E-state index is 10.5. The first-order valence-electron chi connectivity index (χ1n) is 4.72. The normalized spacial score (nSPS) is 9.93. The zero-order valence-electron chi connectivity index (χ0n) is 8.28. The molecule has 0 aliphatic rings. The zero-order chi connectivity index (χ0) is 11.1. The van der Waals surface area contributed by atoms with Crippen molar-refractivity contribution in [2.24, 2.45) is 0 Å². The summed E-state index contributed by atoms with van der Waals surface area (Å²) in [4.78, 5) is 10.5. The summed E-state index contributed by atoms with van der Waals surface area (Å²) in [6.45, 7) is 0.556. The number of aliphatic carboxylic acids is 1. The fourth-order valence-corrected chi connectivity index (χ4v) is 1.27. The first kappa shape index (κ1) is 11.9. The van der Waals surface area contributed by atoms with Crippen molar-refractivity contribution in [3.8, 4) is 5.75 Å². The molecule has 0 spiro atoms. The van der Waals surface area contributed by atoms with Crippen LogP contribution in [0, 0.1) is 0 Å². The molecule has 0 saturated heterocycles. The molecule has 1 rings (SSSR count). The summed E-state index contributed by atoms with van der Waals surface area (Å²) in [6, 6.07) is 7.10. The quantitative estimate of drug-likeness (QED) is 0.601. The van der Waals surface area contributed by atoms with Gasteiger partial charge in [-0.3, -0.25) is 4.79 Å². The minimum atomic E-state index is -0.840. The van der Waals surface area contributed by atoms with Crippen molar-refractivity contribution in [2.75, 3.05) is 12.5 Å². The molecular weight excluding hydrogens is 216 g/mol. The highest BCUT2D eigenvalue weighted by atomic mass is 35.5. The van der Waals surface area contributed by atoms with Gasteiger partial charge in [-0.1, -0.05) is 12.1 Å². The average Bonchev–Trinajstić information content (AvgIpc) is 2.18.